The average molecular weight is 608 g/mol. The third-order valence-electron chi connectivity index (χ3n) is 6.92. The van der Waals surface area contributed by atoms with Crippen LogP contribution in [-0.2, 0) is 47.9 Å². The van der Waals surface area contributed by atoms with Gasteiger partial charge in [0.25, 0.3) is 0 Å². The molecule has 10 N–H and O–H groups in total. The fraction of sp³-hybridized carbons (Fsp3) is 0.900. The number of nitrogens with two attached hydrogens (primary N) is 1. The molecular weight excluding hydrogens is 574 g/mol. The number of aliphatic hydroxyl groups excluding tert-OH is 5. The van der Waals surface area contributed by atoms with Crippen LogP contribution in [0, 0.1) is 5.92 Å². The molecule has 0 aromatic carbocycles. The first-order valence-electron chi connectivity index (χ1n) is 11.9. The Morgan fingerprint density at radius 2 is 1.35 bits per heavy atom. The molecule has 0 radical (unpaired) electrons. The van der Waals surface area contributed by atoms with E-state index in [0.29, 0.717) is 0 Å². The molecule has 3 aliphatic heterocycles. The first-order valence-corrected chi connectivity index (χ1v) is 13.3. The zero-order valence-electron chi connectivity index (χ0n) is 21.0. The molecule has 3 saturated heterocycles. The number of carbonyl (C=O) groups is 2. The van der Waals surface area contributed by atoms with E-state index in [1.54, 1.807) is 0 Å². The summed E-state index contributed by atoms with van der Waals surface area (Å²) in [6, 6.07) is -1.66. The summed E-state index contributed by atoms with van der Waals surface area (Å²) < 4.78 is 62.6. The molecular formula is C20H33NO18S. The van der Waals surface area contributed by atoms with Crippen LogP contribution in [0.25, 0.3) is 0 Å². The number of ether oxygens (including phenoxy) is 5. The van der Waals surface area contributed by atoms with Gasteiger partial charge in [0, 0.05) is 5.92 Å². The van der Waals surface area contributed by atoms with Crippen LogP contribution in [0.15, 0.2) is 0 Å². The minimum atomic E-state index is -5.10. The summed E-state index contributed by atoms with van der Waals surface area (Å²) in [5, 5.41) is 71.1. The van der Waals surface area contributed by atoms with Crippen molar-refractivity contribution in [3.05, 3.63) is 0 Å². The summed E-state index contributed by atoms with van der Waals surface area (Å²) >= 11 is 0. The lowest BCUT2D eigenvalue weighted by molar-refractivity contribution is -0.349. The van der Waals surface area contributed by atoms with Crippen molar-refractivity contribution in [2.24, 2.45) is 11.7 Å². The summed E-state index contributed by atoms with van der Waals surface area (Å²) in [5.41, 5.74) is 6.00. The molecule has 19 nitrogen and oxygen atoms in total. The molecule has 3 aliphatic rings. The predicted molar refractivity (Wildman–Crippen MR) is 121 cm³/mol. The molecule has 0 amide bonds. The van der Waals surface area contributed by atoms with E-state index in [9.17, 15) is 53.8 Å². The molecule has 40 heavy (non-hydrogen) atoms. The zero-order chi connectivity index (χ0) is 30.3. The Labute approximate surface area is 226 Å². The fourth-order valence-electron chi connectivity index (χ4n) is 4.61. The van der Waals surface area contributed by atoms with Crippen molar-refractivity contribution >= 4 is 22.3 Å². The van der Waals surface area contributed by atoms with Crippen molar-refractivity contribution in [3.8, 4) is 0 Å². The molecule has 0 bridgehead atoms. The van der Waals surface area contributed by atoms with E-state index in [1.807, 2.05) is 0 Å². The molecule has 0 aromatic rings. The highest BCUT2D eigenvalue weighted by Gasteiger charge is 2.54. The minimum Gasteiger partial charge on any atom is -0.479 e. The topological polar surface area (TPSA) is 312 Å². The number of aliphatic hydroxyl groups is 5. The molecule has 3 rings (SSSR count). The number of rotatable bonds is 9. The van der Waals surface area contributed by atoms with Gasteiger partial charge in [-0.25, -0.2) is 13.8 Å². The van der Waals surface area contributed by atoms with Crippen LogP contribution >= 0.6 is 0 Å². The SMILES string of the molecule is C[C@@H]1OC(C(=O)O)[C@@H](O[C@H]2OC(COS(=O)(=O)O)[C@@H](O[C@@H]3OC(C(=O)O)[C@@H](C)[C@H](O)C3O)[C@H](O)C2N)[C@H](O)C1O. The van der Waals surface area contributed by atoms with E-state index < -0.39 is 121 Å². The second kappa shape index (κ2) is 12.7. The quantitative estimate of drug-likeness (QED) is 0.111. The van der Waals surface area contributed by atoms with Crippen molar-refractivity contribution in [2.45, 2.75) is 99.6 Å². The van der Waals surface area contributed by atoms with Gasteiger partial charge in [0.15, 0.2) is 24.8 Å². The summed E-state index contributed by atoms with van der Waals surface area (Å²) in [6.07, 6.45) is -22.7. The Bertz CT molecular complexity index is 1010. The van der Waals surface area contributed by atoms with Crippen molar-refractivity contribution in [1.29, 1.82) is 0 Å². The van der Waals surface area contributed by atoms with Crippen LogP contribution in [0.3, 0.4) is 0 Å². The highest BCUT2D eigenvalue weighted by atomic mass is 32.3. The van der Waals surface area contributed by atoms with Gasteiger partial charge in [0.1, 0.15) is 42.7 Å². The molecule has 3 heterocycles. The molecule has 3 fully saturated rings. The molecule has 0 aromatic heterocycles. The minimum absolute atomic E-state index is 1.09. The molecule has 20 heteroatoms. The lowest BCUT2D eigenvalue weighted by Gasteiger charge is -2.48. The fourth-order valence-corrected chi connectivity index (χ4v) is 4.92. The lowest BCUT2D eigenvalue weighted by Crippen LogP contribution is -2.68. The Balaban J connectivity index is 1.86. The Morgan fingerprint density at radius 3 is 1.90 bits per heavy atom. The highest BCUT2D eigenvalue weighted by Crippen LogP contribution is 2.33. The number of hydrogen-bond acceptors (Lipinski definition) is 16. The second-order valence-electron chi connectivity index (χ2n) is 9.71. The van der Waals surface area contributed by atoms with Gasteiger partial charge in [-0.3, -0.25) is 4.55 Å². The Kier molecular flexibility index (Phi) is 10.4. The molecule has 6 unspecified atom stereocenters. The van der Waals surface area contributed by atoms with Crippen LogP contribution < -0.4 is 5.73 Å². The van der Waals surface area contributed by atoms with E-state index in [2.05, 4.69) is 4.18 Å². The molecule has 232 valence electrons. The summed E-state index contributed by atoms with van der Waals surface area (Å²) in [7, 11) is -5.10. The van der Waals surface area contributed by atoms with Crippen LogP contribution in [0.2, 0.25) is 0 Å². The first-order chi connectivity index (χ1) is 18.4. The van der Waals surface area contributed by atoms with Gasteiger partial charge in [-0.1, -0.05) is 6.92 Å². The standard InChI is InChI=1S/C20H33NO18S/c1-4-8(22)12(26)20(37-13(4)17(27)28)38-14-6(3-34-40(31,32)33)36-19(7(21)10(14)24)39-15-11(25)9(23)5(2)35-16(15)18(29)30/h4-16,19-20,22-26H,3,21H2,1-2H3,(H,27,28)(H,29,30)(H,31,32,33)/t4-,5-,6?,7?,8-,9?,10+,11+,12?,13?,14+,15-,16?,19+,20-/m0/s1. The number of carboxylic acids is 2. The molecule has 0 aliphatic carbocycles. The van der Waals surface area contributed by atoms with Gasteiger partial charge >= 0.3 is 22.3 Å². The molecule has 0 saturated carbocycles. The van der Waals surface area contributed by atoms with Gasteiger partial charge < -0.3 is 65.2 Å². The van der Waals surface area contributed by atoms with Gasteiger partial charge in [-0.15, -0.1) is 0 Å². The van der Waals surface area contributed by atoms with Crippen LogP contribution in [0.4, 0.5) is 0 Å². The maximum atomic E-state index is 11.7. The number of aliphatic carboxylic acids is 2. The van der Waals surface area contributed by atoms with Gasteiger partial charge in [-0.2, -0.15) is 8.42 Å². The van der Waals surface area contributed by atoms with Crippen molar-refractivity contribution in [2.75, 3.05) is 6.61 Å². The Morgan fingerprint density at radius 1 is 0.775 bits per heavy atom. The summed E-state index contributed by atoms with van der Waals surface area (Å²) in [4.78, 5) is 23.2. The van der Waals surface area contributed by atoms with Gasteiger partial charge in [0.2, 0.25) is 0 Å². The third-order valence-corrected chi connectivity index (χ3v) is 7.36. The summed E-state index contributed by atoms with van der Waals surface area (Å²) in [6.45, 7) is 1.49. The van der Waals surface area contributed by atoms with E-state index in [0.717, 1.165) is 0 Å². The van der Waals surface area contributed by atoms with Crippen LogP contribution in [-0.4, -0.2) is 153 Å². The smallest absolute Gasteiger partial charge is 0.397 e. The maximum absolute atomic E-state index is 11.7. The third kappa shape index (κ3) is 7.04. The van der Waals surface area contributed by atoms with E-state index in [-0.39, 0.29) is 0 Å². The predicted octanol–water partition coefficient (Wildman–Crippen LogP) is -5.25. The van der Waals surface area contributed by atoms with Crippen LogP contribution in [0.5, 0.6) is 0 Å². The van der Waals surface area contributed by atoms with Gasteiger partial charge in [-0.05, 0) is 6.92 Å². The van der Waals surface area contributed by atoms with Crippen molar-refractivity contribution in [3.63, 3.8) is 0 Å². The Hall–Kier alpha value is -1.63. The van der Waals surface area contributed by atoms with E-state index in [4.69, 9.17) is 34.0 Å². The van der Waals surface area contributed by atoms with Crippen LogP contribution in [0.1, 0.15) is 13.8 Å². The van der Waals surface area contributed by atoms with E-state index >= 15 is 0 Å². The van der Waals surface area contributed by atoms with Crippen molar-refractivity contribution < 1.29 is 86.2 Å². The highest BCUT2D eigenvalue weighted by molar-refractivity contribution is 7.80. The largest absolute Gasteiger partial charge is 0.479 e. The second-order valence-corrected chi connectivity index (χ2v) is 10.8. The normalized spacial score (nSPS) is 46.6. The van der Waals surface area contributed by atoms with Gasteiger partial charge in [0.05, 0.1) is 24.9 Å². The van der Waals surface area contributed by atoms with Crippen molar-refractivity contribution in [1.82, 2.24) is 0 Å². The summed E-state index contributed by atoms with van der Waals surface area (Å²) in [5.74, 6) is -4.20. The number of carboxylic acid groups (broad SMARTS) is 2. The molecule has 0 spiro atoms. The molecule has 15 atom stereocenters. The maximum Gasteiger partial charge on any atom is 0.397 e. The first kappa shape index (κ1) is 32.9. The lowest BCUT2D eigenvalue weighted by atomic mass is 9.90. The monoisotopic (exact) mass is 607 g/mol. The zero-order valence-corrected chi connectivity index (χ0v) is 21.8. The average Bonchev–Trinajstić information content (AvgIpc) is 2.86. The van der Waals surface area contributed by atoms with E-state index in [1.165, 1.54) is 13.8 Å². The number of hydrogen-bond donors (Lipinski definition) is 9.